The van der Waals surface area contributed by atoms with E-state index in [0.717, 1.165) is 6.54 Å². The minimum Gasteiger partial charge on any atom is -0.486 e. The summed E-state index contributed by atoms with van der Waals surface area (Å²) in [6.45, 7) is 4.23. The number of amides is 1. The highest BCUT2D eigenvalue weighted by Gasteiger charge is 2.21. The van der Waals surface area contributed by atoms with Crippen molar-refractivity contribution in [1.29, 1.82) is 0 Å². The zero-order valence-corrected chi connectivity index (χ0v) is 13.0. The molecule has 0 bridgehead atoms. The number of rotatable bonds is 5. The highest BCUT2D eigenvalue weighted by Crippen LogP contribution is 2.29. The normalized spacial score (nSPS) is 18.1. The van der Waals surface area contributed by atoms with Crippen molar-refractivity contribution >= 4 is 23.2 Å². The van der Waals surface area contributed by atoms with Crippen LogP contribution in [0.4, 0.5) is 5.69 Å². The molecular weight excluding hydrogens is 310 g/mol. The second kappa shape index (κ2) is 7.42. The predicted molar refractivity (Wildman–Crippen MR) is 82.3 cm³/mol. The van der Waals surface area contributed by atoms with Gasteiger partial charge in [-0.15, -0.1) is 0 Å². The van der Waals surface area contributed by atoms with Gasteiger partial charge >= 0.3 is 5.69 Å². The van der Waals surface area contributed by atoms with Crippen molar-refractivity contribution in [3.05, 3.63) is 33.3 Å². The van der Waals surface area contributed by atoms with Gasteiger partial charge in [-0.1, -0.05) is 11.6 Å². The van der Waals surface area contributed by atoms with E-state index < -0.39 is 4.92 Å². The van der Waals surface area contributed by atoms with Crippen LogP contribution in [0.1, 0.15) is 13.3 Å². The number of halogens is 1. The number of carbonyl (C=O) groups excluding carboxylic acids is 1. The van der Waals surface area contributed by atoms with E-state index in [1.54, 1.807) is 4.90 Å². The van der Waals surface area contributed by atoms with Crippen molar-refractivity contribution in [2.24, 2.45) is 0 Å². The maximum atomic E-state index is 12.1. The minimum absolute atomic E-state index is 0.00929. The molecule has 0 aromatic heterocycles. The minimum atomic E-state index is -0.555. The Morgan fingerprint density at radius 3 is 3.05 bits per heavy atom. The Labute approximate surface area is 133 Å². The third-order valence-electron chi connectivity index (χ3n) is 3.41. The van der Waals surface area contributed by atoms with Gasteiger partial charge in [-0.2, -0.15) is 0 Å². The summed E-state index contributed by atoms with van der Waals surface area (Å²) in [5.74, 6) is 0.112. The zero-order valence-electron chi connectivity index (χ0n) is 12.3. The van der Waals surface area contributed by atoms with E-state index in [0.29, 0.717) is 13.1 Å². The standard InChI is InChI=1S/C14H18ClN3O4/c1-10-9-17(6-5-16-10)14(19)4-7-22-13-3-2-11(15)8-12(13)18(20)21/h2-3,8,10,16H,4-7,9H2,1H3. The fraction of sp³-hybridized carbons (Fsp3) is 0.500. The highest BCUT2D eigenvalue weighted by atomic mass is 35.5. The van der Waals surface area contributed by atoms with Crippen LogP contribution in [0.3, 0.4) is 0 Å². The van der Waals surface area contributed by atoms with E-state index in [2.05, 4.69) is 5.32 Å². The Morgan fingerprint density at radius 1 is 1.59 bits per heavy atom. The molecule has 1 amide bonds. The highest BCUT2D eigenvalue weighted by molar-refractivity contribution is 6.30. The van der Waals surface area contributed by atoms with Gasteiger partial charge in [0.2, 0.25) is 5.91 Å². The Bertz CT molecular complexity index is 567. The van der Waals surface area contributed by atoms with Crippen LogP contribution in [0.5, 0.6) is 5.75 Å². The van der Waals surface area contributed by atoms with Crippen molar-refractivity contribution < 1.29 is 14.5 Å². The van der Waals surface area contributed by atoms with Gasteiger partial charge in [-0.25, -0.2) is 0 Å². The molecule has 22 heavy (non-hydrogen) atoms. The topological polar surface area (TPSA) is 84.7 Å². The van der Waals surface area contributed by atoms with Crippen LogP contribution >= 0.6 is 11.6 Å². The van der Waals surface area contributed by atoms with Gasteiger partial charge in [0.05, 0.1) is 18.0 Å². The maximum absolute atomic E-state index is 12.1. The van der Waals surface area contributed by atoms with E-state index >= 15 is 0 Å². The Morgan fingerprint density at radius 2 is 2.36 bits per heavy atom. The fourth-order valence-corrected chi connectivity index (χ4v) is 2.49. The average molecular weight is 328 g/mol. The van der Waals surface area contributed by atoms with Gasteiger partial charge in [0.1, 0.15) is 0 Å². The lowest BCUT2D eigenvalue weighted by molar-refractivity contribution is -0.385. The molecule has 1 heterocycles. The molecule has 8 heteroatoms. The van der Waals surface area contributed by atoms with Crippen LogP contribution in [0.2, 0.25) is 5.02 Å². The second-order valence-corrected chi connectivity index (χ2v) is 5.60. The van der Waals surface area contributed by atoms with E-state index in [9.17, 15) is 14.9 Å². The first-order valence-corrected chi connectivity index (χ1v) is 7.43. The summed E-state index contributed by atoms with van der Waals surface area (Å²) in [6, 6.07) is 4.47. The van der Waals surface area contributed by atoms with Gasteiger partial charge in [0.15, 0.2) is 5.75 Å². The van der Waals surface area contributed by atoms with Crippen LogP contribution in [0.25, 0.3) is 0 Å². The summed E-state index contributed by atoms with van der Waals surface area (Å²) >= 11 is 5.73. The molecule has 1 N–H and O–H groups in total. The van der Waals surface area contributed by atoms with Gasteiger partial charge in [0, 0.05) is 36.8 Å². The van der Waals surface area contributed by atoms with Gasteiger partial charge < -0.3 is 15.0 Å². The third-order valence-corrected chi connectivity index (χ3v) is 3.65. The lowest BCUT2D eigenvalue weighted by Crippen LogP contribution is -2.51. The first kappa shape index (κ1) is 16.5. The van der Waals surface area contributed by atoms with Gasteiger partial charge in [-0.05, 0) is 19.1 Å². The molecule has 0 radical (unpaired) electrons. The molecular formula is C14H18ClN3O4. The quantitative estimate of drug-likeness (QED) is 0.659. The molecule has 1 unspecified atom stereocenters. The molecule has 1 fully saturated rings. The van der Waals surface area contributed by atoms with Crippen LogP contribution in [0, 0.1) is 10.1 Å². The van der Waals surface area contributed by atoms with Gasteiger partial charge in [0.25, 0.3) is 0 Å². The molecule has 1 aromatic carbocycles. The Balaban J connectivity index is 1.88. The SMILES string of the molecule is CC1CN(C(=O)CCOc2ccc(Cl)cc2[N+](=O)[O-])CCN1. The summed E-state index contributed by atoms with van der Waals surface area (Å²) in [5.41, 5.74) is -0.198. The number of benzene rings is 1. The van der Waals surface area contributed by atoms with Gasteiger partial charge in [-0.3, -0.25) is 14.9 Å². The van der Waals surface area contributed by atoms with Crippen LogP contribution in [0.15, 0.2) is 18.2 Å². The van der Waals surface area contributed by atoms with Crippen molar-refractivity contribution in [2.75, 3.05) is 26.2 Å². The number of nitrogens with one attached hydrogen (secondary N) is 1. The predicted octanol–water partition coefficient (Wildman–Crippen LogP) is 1.84. The summed E-state index contributed by atoms with van der Waals surface area (Å²) in [6.07, 6.45) is 0.187. The van der Waals surface area contributed by atoms with Crippen LogP contribution < -0.4 is 10.1 Å². The molecule has 0 saturated carbocycles. The largest absolute Gasteiger partial charge is 0.486 e. The summed E-state index contributed by atoms with van der Waals surface area (Å²) < 4.78 is 5.38. The smallest absolute Gasteiger partial charge is 0.312 e. The zero-order chi connectivity index (χ0) is 16.1. The molecule has 1 aliphatic rings. The Hall–Kier alpha value is -1.86. The molecule has 0 aliphatic carbocycles. The van der Waals surface area contributed by atoms with E-state index in [4.69, 9.17) is 16.3 Å². The van der Waals surface area contributed by atoms with Crippen molar-refractivity contribution in [2.45, 2.75) is 19.4 Å². The lowest BCUT2D eigenvalue weighted by Gasteiger charge is -2.31. The van der Waals surface area contributed by atoms with E-state index in [1.165, 1.54) is 18.2 Å². The maximum Gasteiger partial charge on any atom is 0.312 e. The first-order valence-electron chi connectivity index (χ1n) is 7.05. The average Bonchev–Trinajstić information content (AvgIpc) is 2.48. The number of hydrogen-bond acceptors (Lipinski definition) is 5. The number of hydrogen-bond donors (Lipinski definition) is 1. The van der Waals surface area contributed by atoms with E-state index in [1.807, 2.05) is 6.92 Å². The number of carbonyl (C=O) groups is 1. The number of nitro benzene ring substituents is 1. The molecule has 1 atom stereocenters. The molecule has 1 aromatic rings. The lowest BCUT2D eigenvalue weighted by atomic mass is 10.2. The number of nitrogens with zero attached hydrogens (tertiary/aromatic N) is 2. The van der Waals surface area contributed by atoms with Crippen molar-refractivity contribution in [1.82, 2.24) is 10.2 Å². The molecule has 1 aliphatic heterocycles. The number of ether oxygens (including phenoxy) is 1. The first-order chi connectivity index (χ1) is 10.5. The monoisotopic (exact) mass is 327 g/mol. The molecule has 1 saturated heterocycles. The van der Waals surface area contributed by atoms with E-state index in [-0.39, 0.29) is 41.4 Å². The fourth-order valence-electron chi connectivity index (χ4n) is 2.32. The molecule has 0 spiro atoms. The summed E-state index contributed by atoms with van der Waals surface area (Å²) in [4.78, 5) is 24.2. The molecule has 7 nitrogen and oxygen atoms in total. The summed E-state index contributed by atoms with van der Waals surface area (Å²) in [5, 5.41) is 14.5. The third kappa shape index (κ3) is 4.32. The van der Waals surface area contributed by atoms with Crippen LogP contribution in [-0.2, 0) is 4.79 Å². The number of piperazine rings is 1. The van der Waals surface area contributed by atoms with Crippen LogP contribution in [-0.4, -0.2) is 48.0 Å². The second-order valence-electron chi connectivity index (χ2n) is 5.16. The number of nitro groups is 1. The summed E-state index contributed by atoms with van der Waals surface area (Å²) in [7, 11) is 0. The van der Waals surface area contributed by atoms with Crippen molar-refractivity contribution in [3.8, 4) is 5.75 Å². The molecule has 2 rings (SSSR count). The Kier molecular flexibility index (Phi) is 5.57. The molecule has 120 valence electrons. The van der Waals surface area contributed by atoms with Crippen molar-refractivity contribution in [3.63, 3.8) is 0 Å².